The molecule has 1 heterocycles. The van der Waals surface area contributed by atoms with E-state index in [9.17, 15) is 0 Å². The smallest absolute Gasteiger partial charge is 0.280 e. The molecule has 0 saturated carbocycles. The van der Waals surface area contributed by atoms with Gasteiger partial charge in [-0.3, -0.25) is 0 Å². The first-order valence-corrected chi connectivity index (χ1v) is 7.28. The fraction of sp³-hybridized carbons (Fsp3) is 0.750. The summed E-state index contributed by atoms with van der Waals surface area (Å²) in [5.74, 6) is 2.36. The molecule has 1 aliphatic rings. The molecule has 2 heteroatoms. The summed E-state index contributed by atoms with van der Waals surface area (Å²) in [5.41, 5.74) is 0.855. The van der Waals surface area contributed by atoms with E-state index < -0.39 is 0 Å². The predicted octanol–water partition coefficient (Wildman–Crippen LogP) is 4.78. The highest BCUT2D eigenvalue weighted by Gasteiger charge is 2.23. The Kier molecular flexibility index (Phi) is 5.13. The van der Waals surface area contributed by atoms with E-state index in [1.807, 2.05) is 0 Å². The van der Waals surface area contributed by atoms with E-state index in [2.05, 4.69) is 70.7 Å². The van der Waals surface area contributed by atoms with Gasteiger partial charge in [0.1, 0.15) is 0 Å². The third-order valence-electron chi connectivity index (χ3n) is 3.46. The van der Waals surface area contributed by atoms with Gasteiger partial charge in [0.15, 0.2) is 0 Å². The van der Waals surface area contributed by atoms with Gasteiger partial charge in [-0.25, -0.2) is 0 Å². The molecule has 0 bridgehead atoms. The van der Waals surface area contributed by atoms with Crippen LogP contribution in [0.25, 0.3) is 0 Å². The highest BCUT2D eigenvalue weighted by molar-refractivity contribution is 6.62. The number of hydrogen-bond donors (Lipinski definition) is 0. The number of nitrogens with zero attached hydrogens (tertiary/aromatic N) is 1. The Morgan fingerprint density at radius 2 is 1.50 bits per heavy atom. The fourth-order valence-corrected chi connectivity index (χ4v) is 2.12. The second-order valence-corrected chi connectivity index (χ2v) is 7.94. The van der Waals surface area contributed by atoms with Gasteiger partial charge in [0.05, 0.1) is 0 Å². The van der Waals surface area contributed by atoms with Crippen LogP contribution < -0.4 is 0 Å². The third-order valence-corrected chi connectivity index (χ3v) is 3.46. The molecule has 0 aromatic heterocycles. The Balaban J connectivity index is 2.49. The van der Waals surface area contributed by atoms with Crippen LogP contribution in [-0.4, -0.2) is 18.2 Å². The zero-order valence-electron chi connectivity index (χ0n) is 13.2. The van der Waals surface area contributed by atoms with E-state index in [-0.39, 0.29) is 0 Å². The Bertz CT molecular complexity index is 272. The molecule has 0 fully saturated rings. The fourth-order valence-electron chi connectivity index (χ4n) is 2.12. The highest BCUT2D eigenvalue weighted by Crippen LogP contribution is 2.25. The molecule has 1 nitrogen and oxygen atoms in total. The zero-order valence-corrected chi connectivity index (χ0v) is 13.2. The van der Waals surface area contributed by atoms with Gasteiger partial charge in [0.25, 0.3) is 6.85 Å². The van der Waals surface area contributed by atoms with Crippen molar-refractivity contribution < 1.29 is 0 Å². The van der Waals surface area contributed by atoms with Crippen molar-refractivity contribution in [2.75, 3.05) is 6.54 Å². The van der Waals surface area contributed by atoms with E-state index in [1.54, 1.807) is 0 Å². The normalized spacial score (nSPS) is 16.6. The zero-order chi connectivity index (χ0) is 13.8. The first-order chi connectivity index (χ1) is 8.17. The van der Waals surface area contributed by atoms with Crippen molar-refractivity contribution in [2.24, 2.45) is 10.8 Å². The summed E-state index contributed by atoms with van der Waals surface area (Å²) in [5, 5.41) is 0. The molecular weight excluding hydrogens is 217 g/mol. The predicted molar refractivity (Wildman–Crippen MR) is 83.7 cm³/mol. The summed E-state index contributed by atoms with van der Waals surface area (Å²) in [4.78, 5) is 2.51. The van der Waals surface area contributed by atoms with Crippen molar-refractivity contribution in [1.82, 2.24) is 4.81 Å². The van der Waals surface area contributed by atoms with Crippen molar-refractivity contribution in [1.29, 1.82) is 0 Å². The average Bonchev–Trinajstić information content (AvgIpc) is 2.22. The van der Waals surface area contributed by atoms with E-state index in [0.29, 0.717) is 17.7 Å². The average molecular weight is 247 g/mol. The second-order valence-electron chi connectivity index (χ2n) is 7.94. The number of allylic oxidation sites excluding steroid dienone is 2. The summed E-state index contributed by atoms with van der Waals surface area (Å²) in [6, 6.07) is 0. The van der Waals surface area contributed by atoms with Gasteiger partial charge in [-0.05, 0) is 35.8 Å². The molecule has 1 rings (SSSR count). The summed E-state index contributed by atoms with van der Waals surface area (Å²) < 4.78 is 0. The van der Waals surface area contributed by atoms with E-state index in [0.717, 1.165) is 0 Å². The van der Waals surface area contributed by atoms with Gasteiger partial charge >= 0.3 is 0 Å². The molecule has 0 N–H and O–H groups in total. The van der Waals surface area contributed by atoms with Gasteiger partial charge in [-0.1, -0.05) is 60.0 Å². The lowest BCUT2D eigenvalue weighted by atomic mass is 9.54. The molecule has 0 aromatic rings. The SMILES string of the molecule is CC(C)(C)CCB1C=CC=CN1CCC(C)(C)C. The van der Waals surface area contributed by atoms with E-state index in [4.69, 9.17) is 0 Å². The maximum Gasteiger partial charge on any atom is 0.280 e. The van der Waals surface area contributed by atoms with Crippen molar-refractivity contribution >= 4 is 6.85 Å². The van der Waals surface area contributed by atoms with Crippen LogP contribution in [-0.2, 0) is 0 Å². The van der Waals surface area contributed by atoms with Crippen LogP contribution >= 0.6 is 0 Å². The van der Waals surface area contributed by atoms with Gasteiger partial charge < -0.3 is 4.81 Å². The molecule has 0 saturated heterocycles. The van der Waals surface area contributed by atoms with Crippen LogP contribution in [0, 0.1) is 10.8 Å². The maximum absolute atomic E-state index is 2.51. The molecule has 0 spiro atoms. The summed E-state index contributed by atoms with van der Waals surface area (Å²) in [6.07, 6.45) is 10.4. The molecule has 18 heavy (non-hydrogen) atoms. The quantitative estimate of drug-likeness (QED) is 0.646. The van der Waals surface area contributed by atoms with Crippen LogP contribution in [0.1, 0.15) is 54.4 Å². The topological polar surface area (TPSA) is 3.24 Å². The summed E-state index contributed by atoms with van der Waals surface area (Å²) in [7, 11) is 0. The van der Waals surface area contributed by atoms with Gasteiger partial charge in [0, 0.05) is 6.54 Å². The molecule has 0 aliphatic carbocycles. The van der Waals surface area contributed by atoms with Gasteiger partial charge in [-0.15, -0.1) is 0 Å². The molecule has 0 aromatic carbocycles. The Morgan fingerprint density at radius 3 is 2.06 bits per heavy atom. The molecule has 0 atom stereocenters. The maximum atomic E-state index is 2.51. The first-order valence-electron chi connectivity index (χ1n) is 7.28. The van der Waals surface area contributed by atoms with Crippen LogP contribution in [0.3, 0.4) is 0 Å². The second kappa shape index (κ2) is 5.99. The highest BCUT2D eigenvalue weighted by atomic mass is 15.0. The van der Waals surface area contributed by atoms with Crippen molar-refractivity contribution in [3.8, 4) is 0 Å². The van der Waals surface area contributed by atoms with Gasteiger partial charge in [0.2, 0.25) is 0 Å². The monoisotopic (exact) mass is 247 g/mol. The molecule has 0 radical (unpaired) electrons. The van der Waals surface area contributed by atoms with Gasteiger partial charge in [-0.2, -0.15) is 0 Å². The molecule has 0 unspecified atom stereocenters. The van der Waals surface area contributed by atoms with Crippen molar-refractivity contribution in [3.05, 3.63) is 24.3 Å². The van der Waals surface area contributed by atoms with E-state index >= 15 is 0 Å². The van der Waals surface area contributed by atoms with Crippen LogP contribution in [0.15, 0.2) is 24.3 Å². The minimum Gasteiger partial charge on any atom is -0.417 e. The Labute approximate surface area is 114 Å². The van der Waals surface area contributed by atoms with Crippen LogP contribution in [0.2, 0.25) is 6.32 Å². The van der Waals surface area contributed by atoms with Crippen LogP contribution in [0.5, 0.6) is 0 Å². The lowest BCUT2D eigenvalue weighted by molar-refractivity contribution is 0.340. The summed E-state index contributed by atoms with van der Waals surface area (Å²) in [6.45, 7) is 15.7. The molecule has 102 valence electrons. The van der Waals surface area contributed by atoms with Crippen molar-refractivity contribution in [2.45, 2.75) is 60.7 Å². The standard InChI is InChI=1S/C16H30BN/c1-15(2,3)9-12-17-11-7-8-13-18(17)14-10-16(4,5)6/h7-8,11,13H,9-10,12,14H2,1-6H3. The number of hydrogen-bond acceptors (Lipinski definition) is 1. The number of rotatable bonds is 4. The minimum atomic E-state index is 0.420. The van der Waals surface area contributed by atoms with Crippen molar-refractivity contribution in [3.63, 3.8) is 0 Å². The van der Waals surface area contributed by atoms with Crippen LogP contribution in [0.4, 0.5) is 0 Å². The lowest BCUT2D eigenvalue weighted by Crippen LogP contribution is -2.37. The Morgan fingerprint density at radius 1 is 0.889 bits per heavy atom. The molecule has 1 aliphatic heterocycles. The molecule has 0 amide bonds. The Hall–Kier alpha value is -0.655. The molecular formula is C16H30BN. The largest absolute Gasteiger partial charge is 0.417 e. The van der Waals surface area contributed by atoms with E-state index in [1.165, 1.54) is 25.7 Å². The lowest BCUT2D eigenvalue weighted by Gasteiger charge is -2.32. The minimum absolute atomic E-state index is 0.420. The first kappa shape index (κ1) is 15.4. The third kappa shape index (κ3) is 6.32. The summed E-state index contributed by atoms with van der Waals surface area (Å²) >= 11 is 0.